The van der Waals surface area contributed by atoms with E-state index < -0.39 is 0 Å². The summed E-state index contributed by atoms with van der Waals surface area (Å²) in [7, 11) is 3.41. The maximum atomic E-state index is 12.3. The standard InChI is InChI=1S/C12H13N5O/c1-4-10-9(7-16(2)14-10)12(18)11-5-8(6-13)17(3)15-11/h5,7H,4H2,1-3H3. The molecule has 0 aliphatic heterocycles. The largest absolute Gasteiger partial charge is 0.287 e. The molecule has 0 fully saturated rings. The van der Waals surface area contributed by atoms with Crippen LogP contribution >= 0.6 is 0 Å². The van der Waals surface area contributed by atoms with Crippen LogP contribution in [0.15, 0.2) is 12.3 Å². The van der Waals surface area contributed by atoms with Gasteiger partial charge in [0.2, 0.25) is 5.78 Å². The molecule has 6 nitrogen and oxygen atoms in total. The van der Waals surface area contributed by atoms with Gasteiger partial charge in [-0.05, 0) is 6.42 Å². The van der Waals surface area contributed by atoms with E-state index in [-0.39, 0.29) is 11.5 Å². The molecule has 2 heterocycles. The fourth-order valence-corrected chi connectivity index (χ4v) is 1.81. The zero-order valence-electron chi connectivity index (χ0n) is 10.5. The molecular formula is C12H13N5O. The van der Waals surface area contributed by atoms with Crippen molar-refractivity contribution in [3.05, 3.63) is 34.9 Å². The zero-order chi connectivity index (χ0) is 13.3. The molecule has 0 bridgehead atoms. The van der Waals surface area contributed by atoms with Crippen molar-refractivity contribution in [2.45, 2.75) is 13.3 Å². The molecule has 0 amide bonds. The number of carbonyl (C=O) groups excluding carboxylic acids is 1. The molecule has 0 spiro atoms. The number of hydrogen-bond donors (Lipinski definition) is 0. The van der Waals surface area contributed by atoms with Crippen molar-refractivity contribution in [2.24, 2.45) is 14.1 Å². The molecule has 0 saturated carbocycles. The Bertz CT molecular complexity index is 644. The molecule has 0 aromatic carbocycles. The third-order valence-electron chi connectivity index (χ3n) is 2.71. The molecule has 92 valence electrons. The van der Waals surface area contributed by atoms with Crippen molar-refractivity contribution in [2.75, 3.05) is 0 Å². The van der Waals surface area contributed by atoms with Crippen LogP contribution in [0.1, 0.15) is 34.4 Å². The Labute approximate surface area is 104 Å². The van der Waals surface area contributed by atoms with E-state index in [1.807, 2.05) is 13.0 Å². The Morgan fingerprint density at radius 2 is 2.17 bits per heavy atom. The molecule has 18 heavy (non-hydrogen) atoms. The van der Waals surface area contributed by atoms with Gasteiger partial charge in [0.15, 0.2) is 0 Å². The predicted molar refractivity (Wildman–Crippen MR) is 63.9 cm³/mol. The topological polar surface area (TPSA) is 76.5 Å². The van der Waals surface area contributed by atoms with E-state index >= 15 is 0 Å². The summed E-state index contributed by atoms with van der Waals surface area (Å²) in [6.07, 6.45) is 2.36. The van der Waals surface area contributed by atoms with Crippen LogP contribution in [0.2, 0.25) is 0 Å². The first-order valence-corrected chi connectivity index (χ1v) is 5.58. The normalized spacial score (nSPS) is 10.3. The average Bonchev–Trinajstić information content (AvgIpc) is 2.91. The summed E-state index contributed by atoms with van der Waals surface area (Å²) in [5, 5.41) is 17.1. The molecule has 2 rings (SSSR count). The number of rotatable bonds is 3. The van der Waals surface area contributed by atoms with Crippen molar-refractivity contribution in [1.82, 2.24) is 19.6 Å². The summed E-state index contributed by atoms with van der Waals surface area (Å²) in [5.74, 6) is -0.197. The fraction of sp³-hybridized carbons (Fsp3) is 0.333. The molecule has 2 aromatic rings. The number of ketones is 1. The molecule has 0 saturated heterocycles. The highest BCUT2D eigenvalue weighted by Crippen LogP contribution is 2.13. The molecule has 0 aliphatic carbocycles. The van der Waals surface area contributed by atoms with Gasteiger partial charge in [0.05, 0.1) is 11.3 Å². The summed E-state index contributed by atoms with van der Waals surface area (Å²) >= 11 is 0. The van der Waals surface area contributed by atoms with Crippen LogP contribution in [0, 0.1) is 11.3 Å². The number of hydrogen-bond acceptors (Lipinski definition) is 4. The highest BCUT2D eigenvalue weighted by Gasteiger charge is 2.19. The van der Waals surface area contributed by atoms with Gasteiger partial charge in [-0.15, -0.1) is 0 Å². The number of nitrogens with zero attached hydrogens (tertiary/aromatic N) is 5. The Balaban J connectivity index is 2.44. The third kappa shape index (κ3) is 1.91. The van der Waals surface area contributed by atoms with Crippen LogP contribution in [0.25, 0.3) is 0 Å². The van der Waals surface area contributed by atoms with E-state index in [1.54, 1.807) is 25.0 Å². The van der Waals surface area contributed by atoms with Gasteiger partial charge in [-0.3, -0.25) is 14.2 Å². The minimum Gasteiger partial charge on any atom is -0.287 e. The molecule has 0 unspecified atom stereocenters. The Morgan fingerprint density at radius 3 is 2.72 bits per heavy atom. The molecule has 0 aliphatic rings. The van der Waals surface area contributed by atoms with Crippen LogP contribution in [0.3, 0.4) is 0 Å². The van der Waals surface area contributed by atoms with Crippen molar-refractivity contribution in [3.63, 3.8) is 0 Å². The first-order chi connectivity index (χ1) is 8.56. The van der Waals surface area contributed by atoms with Gasteiger partial charge in [0, 0.05) is 26.4 Å². The monoisotopic (exact) mass is 243 g/mol. The van der Waals surface area contributed by atoms with E-state index in [9.17, 15) is 4.79 Å². The van der Waals surface area contributed by atoms with Crippen molar-refractivity contribution in [3.8, 4) is 6.07 Å². The molecular weight excluding hydrogens is 230 g/mol. The second-order valence-corrected chi connectivity index (χ2v) is 4.00. The Kier molecular flexibility index (Phi) is 2.98. The van der Waals surface area contributed by atoms with Gasteiger partial charge in [0.1, 0.15) is 17.5 Å². The second-order valence-electron chi connectivity index (χ2n) is 4.00. The second kappa shape index (κ2) is 4.45. The number of aryl methyl sites for hydroxylation is 3. The Morgan fingerprint density at radius 1 is 1.44 bits per heavy atom. The summed E-state index contributed by atoms with van der Waals surface area (Å²) in [4.78, 5) is 12.3. The summed E-state index contributed by atoms with van der Waals surface area (Å²) in [6, 6.07) is 3.48. The van der Waals surface area contributed by atoms with Gasteiger partial charge < -0.3 is 0 Å². The van der Waals surface area contributed by atoms with Crippen LogP contribution in [0.5, 0.6) is 0 Å². The minimum absolute atomic E-state index is 0.197. The van der Waals surface area contributed by atoms with Crippen molar-refractivity contribution >= 4 is 5.78 Å². The quantitative estimate of drug-likeness (QED) is 0.748. The highest BCUT2D eigenvalue weighted by atomic mass is 16.1. The smallest absolute Gasteiger partial charge is 0.216 e. The molecule has 2 aromatic heterocycles. The summed E-state index contributed by atoms with van der Waals surface area (Å²) in [5.41, 5.74) is 1.92. The van der Waals surface area contributed by atoms with Gasteiger partial charge in [-0.1, -0.05) is 6.92 Å². The minimum atomic E-state index is -0.197. The first kappa shape index (κ1) is 12.0. The highest BCUT2D eigenvalue weighted by molar-refractivity contribution is 6.08. The Hall–Kier alpha value is -2.42. The van der Waals surface area contributed by atoms with E-state index in [0.717, 1.165) is 5.69 Å². The fourth-order valence-electron chi connectivity index (χ4n) is 1.81. The summed E-state index contributed by atoms with van der Waals surface area (Å²) < 4.78 is 3.01. The molecule has 0 radical (unpaired) electrons. The van der Waals surface area contributed by atoms with Crippen LogP contribution in [0.4, 0.5) is 0 Å². The van der Waals surface area contributed by atoms with Gasteiger partial charge in [-0.25, -0.2) is 0 Å². The number of carbonyl (C=O) groups is 1. The third-order valence-corrected chi connectivity index (χ3v) is 2.71. The van der Waals surface area contributed by atoms with Crippen LogP contribution in [-0.2, 0) is 20.5 Å². The molecule has 6 heteroatoms. The van der Waals surface area contributed by atoms with Gasteiger partial charge >= 0.3 is 0 Å². The maximum Gasteiger partial charge on any atom is 0.216 e. The lowest BCUT2D eigenvalue weighted by Crippen LogP contribution is -2.05. The lowest BCUT2D eigenvalue weighted by Gasteiger charge is -1.95. The molecule has 0 N–H and O–H groups in total. The average molecular weight is 243 g/mol. The van der Waals surface area contributed by atoms with E-state index in [0.29, 0.717) is 17.7 Å². The number of aromatic nitrogens is 4. The van der Waals surface area contributed by atoms with Crippen LogP contribution in [-0.4, -0.2) is 25.3 Å². The van der Waals surface area contributed by atoms with Crippen LogP contribution < -0.4 is 0 Å². The lowest BCUT2D eigenvalue weighted by atomic mass is 10.1. The van der Waals surface area contributed by atoms with E-state index in [2.05, 4.69) is 10.2 Å². The van der Waals surface area contributed by atoms with E-state index in [1.165, 1.54) is 10.7 Å². The van der Waals surface area contributed by atoms with Crippen molar-refractivity contribution in [1.29, 1.82) is 5.26 Å². The van der Waals surface area contributed by atoms with Gasteiger partial charge in [0.25, 0.3) is 0 Å². The van der Waals surface area contributed by atoms with Crippen molar-refractivity contribution < 1.29 is 4.79 Å². The number of nitriles is 1. The van der Waals surface area contributed by atoms with Gasteiger partial charge in [-0.2, -0.15) is 15.5 Å². The first-order valence-electron chi connectivity index (χ1n) is 5.58. The SMILES string of the molecule is CCc1nn(C)cc1C(=O)c1cc(C#N)n(C)n1. The zero-order valence-corrected chi connectivity index (χ0v) is 10.5. The summed E-state index contributed by atoms with van der Waals surface area (Å²) in [6.45, 7) is 1.94. The maximum absolute atomic E-state index is 12.3. The van der Waals surface area contributed by atoms with E-state index in [4.69, 9.17) is 5.26 Å². The molecule has 0 atom stereocenters. The predicted octanol–water partition coefficient (Wildman–Crippen LogP) is 0.819. The lowest BCUT2D eigenvalue weighted by molar-refractivity contribution is 0.103.